The van der Waals surface area contributed by atoms with Gasteiger partial charge >= 0.3 is 0 Å². The summed E-state index contributed by atoms with van der Waals surface area (Å²) in [5.74, 6) is 1.05. The molecule has 2 aromatic carbocycles. The number of rotatable bonds is 3. The Morgan fingerprint density at radius 3 is 2.76 bits per heavy atom. The maximum atomic E-state index is 13.5. The predicted octanol–water partition coefficient (Wildman–Crippen LogP) is 4.24. The van der Waals surface area contributed by atoms with Crippen molar-refractivity contribution in [2.45, 2.75) is 14.4 Å². The Kier molecular flexibility index (Phi) is 4.38. The largest absolute Gasteiger partial charge is 0.307 e. The molecule has 0 radical (unpaired) electrons. The Morgan fingerprint density at radius 2 is 1.92 bits per heavy atom. The number of aromatic nitrogens is 5. The highest BCUT2D eigenvalue weighted by Crippen LogP contribution is 2.24. The summed E-state index contributed by atoms with van der Waals surface area (Å²) < 4.78 is 13.5. The maximum absolute atomic E-state index is 13.5. The minimum atomic E-state index is -0.330. The third kappa shape index (κ3) is 3.16. The lowest BCUT2D eigenvalue weighted by molar-refractivity contribution is 0.630. The van der Waals surface area contributed by atoms with Gasteiger partial charge in [-0.2, -0.15) is 10.1 Å². The molecule has 0 spiro atoms. The number of benzene rings is 2. The van der Waals surface area contributed by atoms with Gasteiger partial charge in [-0.25, -0.2) is 14.4 Å². The second-order valence-corrected chi connectivity index (χ2v) is 5.33. The van der Waals surface area contributed by atoms with Crippen LogP contribution in [0.15, 0.2) is 48.8 Å². The third-order valence-electron chi connectivity index (χ3n) is 3.71. The number of hydrogen-bond donors (Lipinski definition) is 2. The van der Waals surface area contributed by atoms with Crippen molar-refractivity contribution >= 4 is 22.7 Å². The van der Waals surface area contributed by atoms with Crippen LogP contribution in [0.5, 0.6) is 0 Å². The number of aryl methyl sites for hydroxylation is 1. The summed E-state index contributed by atoms with van der Waals surface area (Å²) in [5.41, 5.74) is 2.73. The summed E-state index contributed by atoms with van der Waals surface area (Å²) >= 11 is 0. The van der Waals surface area contributed by atoms with Gasteiger partial charge in [0.05, 0.1) is 5.52 Å². The van der Waals surface area contributed by atoms with Gasteiger partial charge in [-0.1, -0.05) is 31.7 Å². The standard InChI is InChI=1S/C17H13FN6.CH4/c1-10-4-2-3-5-12(10)15-19-9-20-17(21-15)22-16-13-8-11(18)6-7-14(13)23-24-16;/h2-9H,1H3,(H2,19,20,21,22,23,24);1H4. The lowest BCUT2D eigenvalue weighted by atomic mass is 10.1. The average molecular weight is 336 g/mol. The molecular weight excluding hydrogens is 319 g/mol. The number of fused-ring (bicyclic) bond motifs is 1. The molecule has 0 aliphatic heterocycles. The fourth-order valence-corrected chi connectivity index (χ4v) is 2.50. The molecule has 126 valence electrons. The van der Waals surface area contributed by atoms with E-state index in [0.717, 1.165) is 16.6 Å². The highest BCUT2D eigenvalue weighted by Gasteiger charge is 2.10. The van der Waals surface area contributed by atoms with Crippen molar-refractivity contribution in [3.05, 3.63) is 60.2 Å². The van der Waals surface area contributed by atoms with Crippen molar-refractivity contribution < 1.29 is 4.39 Å². The van der Waals surface area contributed by atoms with E-state index in [2.05, 4.69) is 30.5 Å². The van der Waals surface area contributed by atoms with Crippen molar-refractivity contribution in [2.75, 3.05) is 5.32 Å². The quantitative estimate of drug-likeness (QED) is 0.585. The monoisotopic (exact) mass is 336 g/mol. The zero-order valence-corrected chi connectivity index (χ0v) is 12.8. The van der Waals surface area contributed by atoms with Gasteiger partial charge in [0.25, 0.3) is 0 Å². The number of nitrogens with zero attached hydrogens (tertiary/aromatic N) is 4. The van der Waals surface area contributed by atoms with Crippen LogP contribution >= 0.6 is 0 Å². The lowest BCUT2D eigenvalue weighted by Crippen LogP contribution is -2.01. The van der Waals surface area contributed by atoms with E-state index in [1.54, 1.807) is 6.07 Å². The number of anilines is 2. The molecule has 0 amide bonds. The molecule has 2 aromatic heterocycles. The molecule has 0 aliphatic rings. The molecule has 0 fully saturated rings. The molecule has 2 N–H and O–H groups in total. The van der Waals surface area contributed by atoms with E-state index in [4.69, 9.17) is 0 Å². The molecular formula is C18H17FN6. The van der Waals surface area contributed by atoms with E-state index in [1.807, 2.05) is 31.2 Å². The van der Waals surface area contributed by atoms with Crippen LogP contribution in [0.4, 0.5) is 16.2 Å². The van der Waals surface area contributed by atoms with Gasteiger partial charge in [-0.05, 0) is 30.7 Å². The number of hydrogen-bond acceptors (Lipinski definition) is 5. The Balaban J connectivity index is 0.00000182. The van der Waals surface area contributed by atoms with E-state index in [-0.39, 0.29) is 13.2 Å². The topological polar surface area (TPSA) is 79.4 Å². The summed E-state index contributed by atoms with van der Waals surface area (Å²) in [7, 11) is 0. The molecule has 7 heteroatoms. The van der Waals surface area contributed by atoms with Gasteiger partial charge in [0.1, 0.15) is 12.1 Å². The molecule has 6 nitrogen and oxygen atoms in total. The number of aromatic amines is 1. The Hall–Kier alpha value is -3.35. The summed E-state index contributed by atoms with van der Waals surface area (Å²) in [6.45, 7) is 2.00. The molecule has 0 bridgehead atoms. The average Bonchev–Trinajstić information content (AvgIpc) is 2.98. The van der Waals surface area contributed by atoms with E-state index < -0.39 is 0 Å². The number of nitrogens with one attached hydrogen (secondary N) is 2. The summed E-state index contributed by atoms with van der Waals surface area (Å²) in [5, 5.41) is 10.6. The SMILES string of the molecule is C.Cc1ccccc1-c1ncnc(Nc2n[nH]c3ccc(F)cc23)n1. The fraction of sp³-hybridized carbons (Fsp3) is 0.111. The van der Waals surface area contributed by atoms with Gasteiger partial charge in [0.15, 0.2) is 11.6 Å². The zero-order chi connectivity index (χ0) is 16.5. The van der Waals surface area contributed by atoms with Crippen LogP contribution in [0.2, 0.25) is 0 Å². The molecule has 2 heterocycles. The van der Waals surface area contributed by atoms with Gasteiger partial charge in [-0.15, -0.1) is 0 Å². The predicted molar refractivity (Wildman–Crippen MR) is 96.1 cm³/mol. The van der Waals surface area contributed by atoms with Crippen LogP contribution in [-0.4, -0.2) is 25.1 Å². The lowest BCUT2D eigenvalue weighted by Gasteiger charge is -2.06. The van der Waals surface area contributed by atoms with E-state index in [1.165, 1.54) is 18.5 Å². The molecule has 4 aromatic rings. The minimum Gasteiger partial charge on any atom is -0.307 e. The van der Waals surface area contributed by atoms with Crippen LogP contribution in [0.3, 0.4) is 0 Å². The van der Waals surface area contributed by atoms with E-state index in [9.17, 15) is 4.39 Å². The number of H-pyrrole nitrogens is 1. The second-order valence-electron chi connectivity index (χ2n) is 5.33. The molecule has 0 saturated heterocycles. The summed E-state index contributed by atoms with van der Waals surface area (Å²) in [4.78, 5) is 12.8. The number of halogens is 1. The van der Waals surface area contributed by atoms with Crippen LogP contribution in [0.1, 0.15) is 13.0 Å². The normalized spacial score (nSPS) is 10.5. The highest BCUT2D eigenvalue weighted by molar-refractivity contribution is 5.90. The van der Waals surface area contributed by atoms with Crippen LogP contribution < -0.4 is 5.32 Å². The first-order chi connectivity index (χ1) is 11.7. The molecule has 0 atom stereocenters. The van der Waals surface area contributed by atoms with Crippen molar-refractivity contribution in [1.29, 1.82) is 0 Å². The van der Waals surface area contributed by atoms with Gasteiger partial charge < -0.3 is 5.32 Å². The van der Waals surface area contributed by atoms with Crippen LogP contribution in [0, 0.1) is 12.7 Å². The summed E-state index contributed by atoms with van der Waals surface area (Å²) in [6, 6.07) is 12.3. The summed E-state index contributed by atoms with van der Waals surface area (Å²) in [6.07, 6.45) is 1.44. The highest BCUT2D eigenvalue weighted by atomic mass is 19.1. The van der Waals surface area contributed by atoms with Crippen molar-refractivity contribution in [3.63, 3.8) is 0 Å². The second kappa shape index (κ2) is 6.64. The third-order valence-corrected chi connectivity index (χ3v) is 3.71. The fourth-order valence-electron chi connectivity index (χ4n) is 2.50. The van der Waals surface area contributed by atoms with Crippen LogP contribution in [-0.2, 0) is 0 Å². The first-order valence-corrected chi connectivity index (χ1v) is 7.36. The van der Waals surface area contributed by atoms with Crippen molar-refractivity contribution in [1.82, 2.24) is 25.1 Å². The van der Waals surface area contributed by atoms with Gasteiger partial charge in [0.2, 0.25) is 5.95 Å². The maximum Gasteiger partial charge on any atom is 0.231 e. The smallest absolute Gasteiger partial charge is 0.231 e. The Bertz CT molecular complexity index is 1030. The molecule has 0 unspecified atom stereocenters. The zero-order valence-electron chi connectivity index (χ0n) is 12.8. The first-order valence-electron chi connectivity index (χ1n) is 7.36. The first kappa shape index (κ1) is 16.5. The van der Waals surface area contributed by atoms with Crippen molar-refractivity contribution in [2.24, 2.45) is 0 Å². The Labute approximate surface area is 144 Å². The molecule has 4 rings (SSSR count). The molecule has 0 aliphatic carbocycles. The molecule has 0 saturated carbocycles. The van der Waals surface area contributed by atoms with Crippen molar-refractivity contribution in [3.8, 4) is 11.4 Å². The van der Waals surface area contributed by atoms with E-state index >= 15 is 0 Å². The van der Waals surface area contributed by atoms with Crippen LogP contribution in [0.25, 0.3) is 22.3 Å². The van der Waals surface area contributed by atoms with E-state index in [0.29, 0.717) is 23.0 Å². The Morgan fingerprint density at radius 1 is 1.08 bits per heavy atom. The minimum absolute atomic E-state index is 0. The van der Waals surface area contributed by atoms with Gasteiger partial charge in [0, 0.05) is 10.9 Å². The van der Waals surface area contributed by atoms with Gasteiger partial charge in [-0.3, -0.25) is 5.10 Å². The molecule has 25 heavy (non-hydrogen) atoms.